The smallest absolute Gasteiger partial charge is 0.164 e. The van der Waals surface area contributed by atoms with Crippen molar-refractivity contribution in [2.24, 2.45) is 0 Å². The highest BCUT2D eigenvalue weighted by molar-refractivity contribution is 6.18. The predicted octanol–water partition coefficient (Wildman–Crippen LogP) is 11.3. The molecule has 0 spiro atoms. The largest absolute Gasteiger partial charge is 0.455 e. The monoisotopic (exact) mass is 601 g/mol. The van der Waals surface area contributed by atoms with Crippen LogP contribution < -0.4 is 0 Å². The van der Waals surface area contributed by atoms with E-state index in [9.17, 15) is 0 Å². The first kappa shape index (κ1) is 27.0. The van der Waals surface area contributed by atoms with E-state index in [1.54, 1.807) is 0 Å². The van der Waals surface area contributed by atoms with Crippen LogP contribution in [-0.4, -0.2) is 15.0 Å². The van der Waals surface area contributed by atoms with Gasteiger partial charge in [-0.1, -0.05) is 133 Å². The van der Waals surface area contributed by atoms with E-state index in [1.165, 1.54) is 11.1 Å². The number of aromatic nitrogens is 3. The van der Waals surface area contributed by atoms with Crippen LogP contribution in [0.2, 0.25) is 0 Å². The Labute approximate surface area is 271 Å². The van der Waals surface area contributed by atoms with E-state index >= 15 is 0 Å². The van der Waals surface area contributed by atoms with Crippen molar-refractivity contribution in [1.29, 1.82) is 0 Å². The molecule has 4 heteroatoms. The average Bonchev–Trinajstić information content (AvgIpc) is 3.52. The molecule has 220 valence electrons. The minimum absolute atomic E-state index is 0.616. The second-order valence-electron chi connectivity index (χ2n) is 11.6. The molecule has 0 N–H and O–H groups in total. The lowest BCUT2D eigenvalue weighted by Gasteiger charge is -2.10. The minimum Gasteiger partial charge on any atom is -0.455 e. The molecule has 0 saturated carbocycles. The Morgan fingerprint density at radius 1 is 0.340 bits per heavy atom. The summed E-state index contributed by atoms with van der Waals surface area (Å²) in [4.78, 5) is 14.8. The fraction of sp³-hybridized carbons (Fsp3) is 0. The lowest BCUT2D eigenvalue weighted by Crippen LogP contribution is -2.00. The van der Waals surface area contributed by atoms with E-state index in [0.29, 0.717) is 17.5 Å². The standard InChI is InChI=1S/C43H27N3O/c1-4-13-28(14-5-1)31-20-12-21-33(25-31)39-35-22-11-10-19-32(35)26-37-36-27-34(23-24-38(36)47-40(37)39)43-45-41(29-15-6-2-7-16-29)44-42(46-43)30-17-8-3-9-18-30/h1-27H. The highest BCUT2D eigenvalue weighted by atomic mass is 16.3. The Kier molecular flexibility index (Phi) is 6.43. The van der Waals surface area contributed by atoms with Gasteiger partial charge in [0.25, 0.3) is 0 Å². The Morgan fingerprint density at radius 3 is 1.57 bits per heavy atom. The normalized spacial score (nSPS) is 11.4. The van der Waals surface area contributed by atoms with Crippen molar-refractivity contribution in [3.63, 3.8) is 0 Å². The average molecular weight is 602 g/mol. The third-order valence-electron chi connectivity index (χ3n) is 8.70. The van der Waals surface area contributed by atoms with Crippen molar-refractivity contribution in [2.75, 3.05) is 0 Å². The summed E-state index contributed by atoms with van der Waals surface area (Å²) >= 11 is 0. The van der Waals surface area contributed by atoms with Crippen LogP contribution >= 0.6 is 0 Å². The Bertz CT molecular complexity index is 2500. The summed E-state index contributed by atoms with van der Waals surface area (Å²) in [7, 11) is 0. The summed E-state index contributed by atoms with van der Waals surface area (Å²) in [6.45, 7) is 0. The van der Waals surface area contributed by atoms with Crippen molar-refractivity contribution in [3.8, 4) is 56.4 Å². The van der Waals surface area contributed by atoms with Crippen LogP contribution in [0.5, 0.6) is 0 Å². The summed E-state index contributed by atoms with van der Waals surface area (Å²) in [6, 6.07) is 56.3. The van der Waals surface area contributed by atoms with Crippen LogP contribution in [0.3, 0.4) is 0 Å². The molecule has 0 unspecified atom stereocenters. The molecule has 0 aliphatic heterocycles. The van der Waals surface area contributed by atoms with Crippen LogP contribution in [-0.2, 0) is 0 Å². The van der Waals surface area contributed by atoms with Crippen molar-refractivity contribution in [2.45, 2.75) is 0 Å². The van der Waals surface area contributed by atoms with Crippen LogP contribution in [0, 0.1) is 0 Å². The van der Waals surface area contributed by atoms with Gasteiger partial charge in [-0.2, -0.15) is 0 Å². The Hall–Kier alpha value is -6.39. The first-order valence-electron chi connectivity index (χ1n) is 15.7. The molecule has 9 aromatic rings. The number of furan rings is 1. The SMILES string of the molecule is c1ccc(-c2cccc(-c3c4ccccc4cc4c3oc3ccc(-c5nc(-c6ccccc6)nc(-c6ccccc6)n5)cc34)c2)cc1. The van der Waals surface area contributed by atoms with Crippen LogP contribution in [0.25, 0.3) is 89.1 Å². The van der Waals surface area contributed by atoms with Crippen molar-refractivity contribution < 1.29 is 4.42 Å². The molecule has 7 aromatic carbocycles. The summed E-state index contributed by atoms with van der Waals surface area (Å²) in [6.07, 6.45) is 0. The fourth-order valence-corrected chi connectivity index (χ4v) is 6.42. The maximum absolute atomic E-state index is 6.72. The van der Waals surface area contributed by atoms with Gasteiger partial charge in [-0.15, -0.1) is 0 Å². The maximum atomic E-state index is 6.72. The van der Waals surface area contributed by atoms with Crippen LogP contribution in [0.15, 0.2) is 168 Å². The molecule has 2 heterocycles. The van der Waals surface area contributed by atoms with Gasteiger partial charge in [0.1, 0.15) is 11.2 Å². The first-order valence-corrected chi connectivity index (χ1v) is 15.7. The highest BCUT2D eigenvalue weighted by Crippen LogP contribution is 2.42. The molecule has 0 saturated heterocycles. The van der Waals surface area contributed by atoms with Gasteiger partial charge in [0.05, 0.1) is 0 Å². The molecule has 0 amide bonds. The van der Waals surface area contributed by atoms with Gasteiger partial charge in [0.2, 0.25) is 0 Å². The maximum Gasteiger partial charge on any atom is 0.164 e. The van der Waals surface area contributed by atoms with E-state index in [2.05, 4.69) is 84.9 Å². The summed E-state index contributed by atoms with van der Waals surface area (Å²) in [5.74, 6) is 1.89. The lowest BCUT2D eigenvalue weighted by atomic mass is 9.93. The van der Waals surface area contributed by atoms with E-state index in [4.69, 9.17) is 19.4 Å². The first-order chi connectivity index (χ1) is 23.3. The third-order valence-corrected chi connectivity index (χ3v) is 8.70. The van der Waals surface area contributed by atoms with Gasteiger partial charge >= 0.3 is 0 Å². The molecule has 0 aliphatic rings. The van der Waals surface area contributed by atoms with Gasteiger partial charge in [0, 0.05) is 33.0 Å². The molecule has 2 aromatic heterocycles. The molecular weight excluding hydrogens is 574 g/mol. The summed E-state index contributed by atoms with van der Waals surface area (Å²) < 4.78 is 6.72. The zero-order chi connectivity index (χ0) is 31.2. The Balaban J connectivity index is 1.26. The van der Waals surface area contributed by atoms with E-state index in [1.807, 2.05) is 78.9 Å². The number of hydrogen-bond donors (Lipinski definition) is 0. The van der Waals surface area contributed by atoms with Gasteiger partial charge < -0.3 is 4.42 Å². The number of hydrogen-bond acceptors (Lipinski definition) is 4. The molecule has 0 fully saturated rings. The van der Waals surface area contributed by atoms with Crippen molar-refractivity contribution in [3.05, 3.63) is 164 Å². The van der Waals surface area contributed by atoms with Crippen LogP contribution in [0.1, 0.15) is 0 Å². The topological polar surface area (TPSA) is 51.8 Å². The quantitative estimate of drug-likeness (QED) is 0.197. The number of fused-ring (bicyclic) bond motifs is 4. The zero-order valence-corrected chi connectivity index (χ0v) is 25.3. The molecule has 0 atom stereocenters. The van der Waals surface area contributed by atoms with Crippen molar-refractivity contribution >= 4 is 32.7 Å². The Morgan fingerprint density at radius 2 is 0.894 bits per heavy atom. The van der Waals surface area contributed by atoms with E-state index in [0.717, 1.165) is 60.5 Å². The number of nitrogens with zero attached hydrogens (tertiary/aromatic N) is 3. The predicted molar refractivity (Wildman–Crippen MR) is 192 cm³/mol. The van der Waals surface area contributed by atoms with E-state index in [-0.39, 0.29) is 0 Å². The highest BCUT2D eigenvalue weighted by Gasteiger charge is 2.19. The molecule has 0 radical (unpaired) electrons. The van der Waals surface area contributed by atoms with Crippen LogP contribution in [0.4, 0.5) is 0 Å². The molecular formula is C43H27N3O. The summed E-state index contributed by atoms with van der Waals surface area (Å²) in [5, 5.41) is 4.39. The second-order valence-corrected chi connectivity index (χ2v) is 11.6. The lowest BCUT2D eigenvalue weighted by molar-refractivity contribution is 0.670. The molecule has 0 bridgehead atoms. The molecule has 4 nitrogen and oxygen atoms in total. The van der Waals surface area contributed by atoms with Gasteiger partial charge in [-0.3, -0.25) is 0 Å². The molecule has 9 rings (SSSR count). The van der Waals surface area contributed by atoms with Gasteiger partial charge in [0.15, 0.2) is 17.5 Å². The number of benzene rings is 7. The zero-order valence-electron chi connectivity index (χ0n) is 25.3. The van der Waals surface area contributed by atoms with Gasteiger partial charge in [-0.25, -0.2) is 15.0 Å². The van der Waals surface area contributed by atoms with Gasteiger partial charge in [-0.05, 0) is 57.8 Å². The number of rotatable bonds is 5. The molecule has 47 heavy (non-hydrogen) atoms. The fourth-order valence-electron chi connectivity index (χ4n) is 6.42. The third kappa shape index (κ3) is 4.84. The molecule has 0 aliphatic carbocycles. The van der Waals surface area contributed by atoms with Crippen molar-refractivity contribution in [1.82, 2.24) is 15.0 Å². The minimum atomic E-state index is 0.616. The second kappa shape index (κ2) is 11.2. The summed E-state index contributed by atoms with van der Waals surface area (Å²) in [5.41, 5.74) is 9.03. The van der Waals surface area contributed by atoms with E-state index < -0.39 is 0 Å².